The van der Waals surface area contributed by atoms with Crippen molar-refractivity contribution >= 4 is 17.0 Å². The zero-order valence-corrected chi connectivity index (χ0v) is 16.4. The minimum atomic E-state index is -0.499. The highest BCUT2D eigenvalue weighted by atomic mass is 16.8. The molecule has 148 valence electrons. The lowest BCUT2D eigenvalue weighted by Gasteiger charge is -2.24. The van der Waals surface area contributed by atoms with Crippen molar-refractivity contribution in [3.63, 3.8) is 0 Å². The predicted octanol–water partition coefficient (Wildman–Crippen LogP) is 3.14. The quantitative estimate of drug-likeness (QED) is 0.858. The van der Waals surface area contributed by atoms with E-state index >= 15 is 0 Å². The maximum atomic E-state index is 6.30. The first kappa shape index (κ1) is 16.1. The molecule has 7 rings (SSSR count). The van der Waals surface area contributed by atoms with E-state index in [1.54, 1.807) is 6.33 Å². The van der Waals surface area contributed by atoms with Crippen molar-refractivity contribution < 1.29 is 9.47 Å². The molecule has 4 saturated carbocycles. The van der Waals surface area contributed by atoms with E-state index in [1.165, 1.54) is 32.1 Å². The van der Waals surface area contributed by atoms with E-state index in [4.69, 9.17) is 14.5 Å². The number of hydrogen-bond donors (Lipinski definition) is 1. The van der Waals surface area contributed by atoms with Crippen LogP contribution in [0.3, 0.4) is 0 Å². The second-order valence-corrected chi connectivity index (χ2v) is 10.0. The molecule has 5 atom stereocenters. The molecule has 3 heterocycles. The van der Waals surface area contributed by atoms with E-state index in [-0.39, 0.29) is 18.2 Å². The average molecular weight is 381 g/mol. The lowest BCUT2D eigenvalue weighted by atomic mass is 10.1. The molecule has 28 heavy (non-hydrogen) atoms. The zero-order chi connectivity index (χ0) is 18.6. The van der Waals surface area contributed by atoms with E-state index in [9.17, 15) is 0 Å². The molecule has 0 spiro atoms. The van der Waals surface area contributed by atoms with Crippen LogP contribution >= 0.6 is 0 Å². The third-order valence-electron chi connectivity index (χ3n) is 7.50. The van der Waals surface area contributed by atoms with Gasteiger partial charge in [-0.25, -0.2) is 15.0 Å². The Kier molecular flexibility index (Phi) is 3.02. The minimum absolute atomic E-state index is 0.0909. The molecule has 0 amide bonds. The average Bonchev–Trinajstić information content (AvgIpc) is 3.54. The topological polar surface area (TPSA) is 74.1 Å². The van der Waals surface area contributed by atoms with Crippen LogP contribution in [0.2, 0.25) is 0 Å². The number of rotatable bonds is 5. The summed E-state index contributed by atoms with van der Waals surface area (Å²) in [5.41, 5.74) is 1.82. The third-order valence-corrected chi connectivity index (χ3v) is 7.50. The number of ether oxygens (including phenoxy) is 2. The number of hydrogen-bond acceptors (Lipinski definition) is 6. The van der Waals surface area contributed by atoms with Crippen LogP contribution in [0.1, 0.15) is 52.0 Å². The van der Waals surface area contributed by atoms with Crippen LogP contribution in [0.25, 0.3) is 11.2 Å². The summed E-state index contributed by atoms with van der Waals surface area (Å²) in [6, 6.07) is 0.812. The number of nitrogens with zero attached hydrogens (tertiary/aromatic N) is 4. The molecule has 1 aliphatic heterocycles. The smallest absolute Gasteiger partial charge is 0.165 e. The molecule has 7 nitrogen and oxygen atoms in total. The Balaban J connectivity index is 1.24. The summed E-state index contributed by atoms with van der Waals surface area (Å²) in [5.74, 6) is 3.25. The van der Waals surface area contributed by atoms with Gasteiger partial charge in [0.25, 0.3) is 0 Å². The van der Waals surface area contributed by atoms with Gasteiger partial charge in [-0.3, -0.25) is 0 Å². The molecule has 0 radical (unpaired) electrons. The molecule has 2 aromatic heterocycles. The van der Waals surface area contributed by atoms with Gasteiger partial charge >= 0.3 is 0 Å². The van der Waals surface area contributed by atoms with Gasteiger partial charge in [0.1, 0.15) is 17.9 Å². The maximum Gasteiger partial charge on any atom is 0.165 e. The zero-order valence-electron chi connectivity index (χ0n) is 16.4. The first-order valence-corrected chi connectivity index (χ1v) is 10.9. The van der Waals surface area contributed by atoms with Crippen molar-refractivity contribution in [1.82, 2.24) is 19.5 Å². The highest BCUT2D eigenvalue weighted by Crippen LogP contribution is 2.63. The highest BCUT2D eigenvalue weighted by Gasteiger charge is 2.66. The van der Waals surface area contributed by atoms with Crippen molar-refractivity contribution in [2.45, 2.75) is 76.0 Å². The fourth-order valence-corrected chi connectivity index (χ4v) is 5.89. The van der Waals surface area contributed by atoms with Gasteiger partial charge in [0.2, 0.25) is 0 Å². The largest absolute Gasteiger partial charge is 0.365 e. The van der Waals surface area contributed by atoms with Crippen LogP contribution in [0.4, 0.5) is 5.82 Å². The fourth-order valence-electron chi connectivity index (χ4n) is 5.89. The van der Waals surface area contributed by atoms with Gasteiger partial charge in [0, 0.05) is 6.04 Å². The summed E-state index contributed by atoms with van der Waals surface area (Å²) in [7, 11) is 0. The summed E-state index contributed by atoms with van der Waals surface area (Å²) in [4.78, 5) is 14.0. The minimum Gasteiger partial charge on any atom is -0.365 e. The van der Waals surface area contributed by atoms with E-state index in [1.807, 2.05) is 20.2 Å². The Morgan fingerprint density at radius 1 is 1.04 bits per heavy atom. The van der Waals surface area contributed by atoms with Crippen molar-refractivity contribution in [1.29, 1.82) is 0 Å². The van der Waals surface area contributed by atoms with Crippen LogP contribution in [-0.2, 0) is 9.47 Å². The molecule has 5 aliphatic rings. The number of fused-ring (bicyclic) bond motifs is 4. The van der Waals surface area contributed by atoms with Gasteiger partial charge in [0.05, 0.1) is 18.5 Å². The van der Waals surface area contributed by atoms with Crippen molar-refractivity contribution in [2.24, 2.45) is 23.7 Å². The third kappa shape index (κ3) is 2.32. The summed E-state index contributed by atoms with van der Waals surface area (Å²) >= 11 is 0. The van der Waals surface area contributed by atoms with Crippen LogP contribution in [0.5, 0.6) is 0 Å². The molecule has 0 aromatic carbocycles. The van der Waals surface area contributed by atoms with Crippen LogP contribution in [0, 0.1) is 23.7 Å². The van der Waals surface area contributed by atoms with Gasteiger partial charge in [-0.15, -0.1) is 0 Å². The second kappa shape index (κ2) is 5.25. The Morgan fingerprint density at radius 2 is 1.79 bits per heavy atom. The van der Waals surface area contributed by atoms with Crippen molar-refractivity contribution in [3.05, 3.63) is 12.7 Å². The van der Waals surface area contributed by atoms with E-state index in [0.29, 0.717) is 17.9 Å². The van der Waals surface area contributed by atoms with Crippen LogP contribution in [-0.4, -0.2) is 43.6 Å². The second-order valence-electron chi connectivity index (χ2n) is 10.0. The maximum absolute atomic E-state index is 6.30. The molecule has 0 bridgehead atoms. The van der Waals surface area contributed by atoms with E-state index in [2.05, 4.69) is 19.9 Å². The first-order chi connectivity index (χ1) is 13.6. The number of aromatic nitrogens is 4. The van der Waals surface area contributed by atoms with Gasteiger partial charge in [0.15, 0.2) is 17.3 Å². The van der Waals surface area contributed by atoms with Gasteiger partial charge < -0.3 is 19.4 Å². The van der Waals surface area contributed by atoms with Gasteiger partial charge in [-0.05, 0) is 69.6 Å². The molecule has 0 unspecified atom stereocenters. The summed E-state index contributed by atoms with van der Waals surface area (Å²) < 4.78 is 14.8. The lowest BCUT2D eigenvalue weighted by Crippen LogP contribution is -2.30. The molecular weight excluding hydrogens is 354 g/mol. The Morgan fingerprint density at radius 3 is 2.54 bits per heavy atom. The molecule has 1 saturated heterocycles. The molecule has 1 N–H and O–H groups in total. The Bertz CT molecular complexity index is 937. The molecule has 4 aliphatic carbocycles. The highest BCUT2D eigenvalue weighted by molar-refractivity contribution is 5.83. The number of nitrogens with one attached hydrogen (secondary N) is 1. The summed E-state index contributed by atoms with van der Waals surface area (Å²) in [6.07, 6.45) is 10.5. The first-order valence-electron chi connectivity index (χ1n) is 10.9. The summed E-state index contributed by atoms with van der Waals surface area (Å²) in [6.45, 7) is 4.04. The summed E-state index contributed by atoms with van der Waals surface area (Å²) in [5, 5.41) is 3.75. The van der Waals surface area contributed by atoms with Gasteiger partial charge in [-0.2, -0.15) is 0 Å². The Labute approximate surface area is 164 Å². The van der Waals surface area contributed by atoms with Crippen molar-refractivity contribution in [3.8, 4) is 0 Å². The predicted molar refractivity (Wildman–Crippen MR) is 103 cm³/mol. The Hall–Kier alpha value is -1.73. The normalized spacial score (nSPS) is 38.0. The number of anilines is 1. The van der Waals surface area contributed by atoms with E-state index in [0.717, 1.165) is 28.8 Å². The standard InChI is InChI=1S/C21H27N5O2/c1-21(2)27-17-13-7-12(13)16(18(17)28-21)26-9-24-15-19(22-8-23-20(15)26)25-14(10-3-4-10)11-5-6-11/h8-14,16-18H,3-7H2,1-2H3,(H,22,23,25)/t12-,13+,16+,17+,18-/m0/s1. The van der Waals surface area contributed by atoms with Gasteiger partial charge in [-0.1, -0.05) is 0 Å². The van der Waals surface area contributed by atoms with Crippen LogP contribution < -0.4 is 5.32 Å². The molecule has 5 fully saturated rings. The molecular formula is C21H27N5O2. The van der Waals surface area contributed by atoms with Crippen molar-refractivity contribution in [2.75, 3.05) is 5.32 Å². The molecule has 2 aromatic rings. The number of imidazole rings is 1. The molecule has 7 heteroatoms. The lowest BCUT2D eigenvalue weighted by molar-refractivity contribution is -0.156. The SMILES string of the molecule is CC1(C)O[C@@H]2[C@@H]3C[C@@H]3[C@@H](n3cnc4c(NC(C5CC5)C5CC5)ncnc43)[C@@H]2O1. The van der Waals surface area contributed by atoms with Crippen LogP contribution in [0.15, 0.2) is 12.7 Å². The fraction of sp³-hybridized carbons (Fsp3) is 0.762. The van der Waals surface area contributed by atoms with E-state index < -0.39 is 5.79 Å². The monoisotopic (exact) mass is 381 g/mol.